The van der Waals surface area contributed by atoms with Crippen LogP contribution in [-0.4, -0.2) is 42.7 Å². The number of nitrogens with zero attached hydrogens (tertiary/aromatic N) is 1. The molecule has 2 saturated heterocycles. The first-order valence-electron chi connectivity index (χ1n) is 8.77. The predicted molar refractivity (Wildman–Crippen MR) is 89.8 cm³/mol. The molecule has 1 aromatic rings. The third-order valence-corrected chi connectivity index (χ3v) is 5.41. The van der Waals surface area contributed by atoms with Crippen molar-refractivity contribution in [2.45, 2.75) is 51.0 Å². The maximum absolute atomic E-state index is 12.4. The highest BCUT2D eigenvalue weighted by Gasteiger charge is 2.41. The number of para-hydroxylation sites is 1. The molecule has 2 aliphatic heterocycles. The summed E-state index contributed by atoms with van der Waals surface area (Å²) in [4.78, 5) is 14.3. The molecule has 3 rings (SSSR count). The summed E-state index contributed by atoms with van der Waals surface area (Å²) in [6.07, 6.45) is 4.13. The summed E-state index contributed by atoms with van der Waals surface area (Å²) in [6.45, 7) is 6.93. The van der Waals surface area contributed by atoms with Gasteiger partial charge in [0.05, 0.1) is 12.2 Å². The summed E-state index contributed by atoms with van der Waals surface area (Å²) in [5.74, 6) is 1.36. The number of piperidine rings is 1. The lowest BCUT2D eigenvalue weighted by Gasteiger charge is -2.47. The average molecular weight is 317 g/mol. The number of carbonyl (C=O) groups excluding carboxylic acids is 1. The summed E-state index contributed by atoms with van der Waals surface area (Å²) in [5, 5.41) is 0. The fraction of sp³-hybridized carbons (Fsp3) is 0.632. The van der Waals surface area contributed by atoms with Crippen LogP contribution in [0.2, 0.25) is 0 Å². The van der Waals surface area contributed by atoms with Crippen molar-refractivity contribution < 1.29 is 14.3 Å². The molecule has 4 nitrogen and oxygen atoms in total. The highest BCUT2D eigenvalue weighted by Crippen LogP contribution is 2.36. The minimum atomic E-state index is 0.0816. The molecule has 4 heteroatoms. The van der Waals surface area contributed by atoms with Gasteiger partial charge in [-0.25, -0.2) is 0 Å². The van der Waals surface area contributed by atoms with E-state index in [2.05, 4.69) is 19.9 Å². The molecular formula is C19H27NO3. The van der Waals surface area contributed by atoms with Gasteiger partial charge in [0.2, 0.25) is 0 Å². The Balaban J connectivity index is 1.53. The Bertz CT molecular complexity index is 543. The Labute approximate surface area is 138 Å². The first-order valence-corrected chi connectivity index (χ1v) is 8.77. The van der Waals surface area contributed by atoms with E-state index in [9.17, 15) is 4.79 Å². The molecular weight excluding hydrogens is 290 g/mol. The van der Waals surface area contributed by atoms with Crippen molar-refractivity contribution in [2.24, 2.45) is 0 Å². The Kier molecular flexibility index (Phi) is 4.90. The van der Waals surface area contributed by atoms with Crippen molar-refractivity contribution in [1.82, 2.24) is 4.90 Å². The summed E-state index contributed by atoms with van der Waals surface area (Å²) >= 11 is 0. The quantitative estimate of drug-likeness (QED) is 0.836. The van der Waals surface area contributed by atoms with Gasteiger partial charge < -0.3 is 14.4 Å². The van der Waals surface area contributed by atoms with Crippen molar-refractivity contribution in [3.63, 3.8) is 0 Å². The molecule has 0 saturated carbocycles. The van der Waals surface area contributed by atoms with Crippen LogP contribution in [0.15, 0.2) is 24.3 Å². The van der Waals surface area contributed by atoms with Crippen LogP contribution in [0, 0.1) is 0 Å². The lowest BCUT2D eigenvalue weighted by atomic mass is 9.84. The molecule has 0 N–H and O–H groups in total. The van der Waals surface area contributed by atoms with E-state index in [1.54, 1.807) is 0 Å². The lowest BCUT2D eigenvalue weighted by Crippen LogP contribution is -2.54. The largest absolute Gasteiger partial charge is 0.483 e. The van der Waals surface area contributed by atoms with Gasteiger partial charge in [0.25, 0.3) is 5.91 Å². The number of likely N-dealkylation sites (tertiary alicyclic amines) is 1. The second kappa shape index (κ2) is 6.91. The molecule has 126 valence electrons. The fourth-order valence-electron chi connectivity index (χ4n) is 3.42. The zero-order chi connectivity index (χ0) is 16.3. The zero-order valence-electron chi connectivity index (χ0n) is 14.2. The van der Waals surface area contributed by atoms with Crippen molar-refractivity contribution in [3.05, 3.63) is 29.8 Å². The second-order valence-electron chi connectivity index (χ2n) is 6.80. The molecule has 2 heterocycles. The number of hydrogen-bond acceptors (Lipinski definition) is 3. The average Bonchev–Trinajstić information content (AvgIpc) is 2.58. The number of amides is 1. The minimum absolute atomic E-state index is 0.0816. The van der Waals surface area contributed by atoms with Crippen LogP contribution >= 0.6 is 0 Å². The molecule has 0 bridgehead atoms. The van der Waals surface area contributed by atoms with E-state index in [0.29, 0.717) is 5.92 Å². The fourth-order valence-corrected chi connectivity index (χ4v) is 3.42. The standard InChI is InChI=1S/C19H27NO3/c1-3-15(2)16-6-4-5-7-17(16)22-14-18(21)20-11-8-19(9-12-20)10-13-23-19/h4-7,15H,3,8-14H2,1-2H3. The van der Waals surface area contributed by atoms with Crippen LogP contribution in [0.5, 0.6) is 5.75 Å². The van der Waals surface area contributed by atoms with Gasteiger partial charge in [-0.05, 0) is 43.2 Å². The van der Waals surface area contributed by atoms with E-state index >= 15 is 0 Å². The smallest absolute Gasteiger partial charge is 0.260 e. The summed E-state index contributed by atoms with van der Waals surface area (Å²) in [5.41, 5.74) is 1.27. The van der Waals surface area contributed by atoms with E-state index in [0.717, 1.165) is 51.1 Å². The van der Waals surface area contributed by atoms with Gasteiger partial charge in [-0.3, -0.25) is 4.79 Å². The topological polar surface area (TPSA) is 38.8 Å². The molecule has 0 aliphatic carbocycles. The molecule has 0 aromatic heterocycles. The number of carbonyl (C=O) groups is 1. The Hall–Kier alpha value is -1.55. The van der Waals surface area contributed by atoms with E-state index in [-0.39, 0.29) is 18.1 Å². The van der Waals surface area contributed by atoms with Gasteiger partial charge in [0, 0.05) is 13.1 Å². The Morgan fingerprint density at radius 2 is 2.00 bits per heavy atom. The van der Waals surface area contributed by atoms with Gasteiger partial charge in [-0.2, -0.15) is 0 Å². The van der Waals surface area contributed by atoms with E-state index in [1.807, 2.05) is 23.1 Å². The molecule has 1 spiro atoms. The number of rotatable bonds is 5. The highest BCUT2D eigenvalue weighted by molar-refractivity contribution is 5.78. The van der Waals surface area contributed by atoms with E-state index < -0.39 is 0 Å². The Morgan fingerprint density at radius 1 is 1.30 bits per heavy atom. The maximum Gasteiger partial charge on any atom is 0.260 e. The molecule has 23 heavy (non-hydrogen) atoms. The first kappa shape index (κ1) is 16.3. The van der Waals surface area contributed by atoms with Crippen molar-refractivity contribution in [1.29, 1.82) is 0 Å². The number of ether oxygens (including phenoxy) is 2. The molecule has 1 unspecified atom stereocenters. The van der Waals surface area contributed by atoms with Crippen LogP contribution in [-0.2, 0) is 9.53 Å². The molecule has 2 aliphatic rings. The van der Waals surface area contributed by atoms with Crippen LogP contribution in [0.4, 0.5) is 0 Å². The highest BCUT2D eigenvalue weighted by atomic mass is 16.5. The molecule has 1 amide bonds. The third-order valence-electron chi connectivity index (χ3n) is 5.41. The van der Waals surface area contributed by atoms with Crippen molar-refractivity contribution >= 4 is 5.91 Å². The monoisotopic (exact) mass is 317 g/mol. The van der Waals surface area contributed by atoms with Crippen LogP contribution in [0.25, 0.3) is 0 Å². The molecule has 2 fully saturated rings. The summed E-state index contributed by atoms with van der Waals surface area (Å²) in [6, 6.07) is 8.04. The normalized spacial score (nSPS) is 20.9. The first-order chi connectivity index (χ1) is 11.1. The molecule has 1 atom stereocenters. The molecule has 0 radical (unpaired) electrons. The van der Waals surface area contributed by atoms with Crippen LogP contribution in [0.1, 0.15) is 51.0 Å². The zero-order valence-corrected chi connectivity index (χ0v) is 14.2. The van der Waals surface area contributed by atoms with Gasteiger partial charge in [-0.15, -0.1) is 0 Å². The maximum atomic E-state index is 12.4. The number of benzene rings is 1. The second-order valence-corrected chi connectivity index (χ2v) is 6.80. The van der Waals surface area contributed by atoms with Crippen LogP contribution < -0.4 is 4.74 Å². The van der Waals surface area contributed by atoms with Gasteiger partial charge in [0.15, 0.2) is 6.61 Å². The number of hydrogen-bond donors (Lipinski definition) is 0. The SMILES string of the molecule is CCC(C)c1ccccc1OCC(=O)N1CCC2(CCO2)CC1. The van der Waals surface area contributed by atoms with E-state index in [4.69, 9.17) is 9.47 Å². The van der Waals surface area contributed by atoms with Gasteiger partial charge >= 0.3 is 0 Å². The molecule has 1 aromatic carbocycles. The summed E-state index contributed by atoms with van der Waals surface area (Å²) in [7, 11) is 0. The van der Waals surface area contributed by atoms with Crippen molar-refractivity contribution in [2.75, 3.05) is 26.3 Å². The van der Waals surface area contributed by atoms with Gasteiger partial charge in [0.1, 0.15) is 5.75 Å². The van der Waals surface area contributed by atoms with Crippen LogP contribution in [0.3, 0.4) is 0 Å². The lowest BCUT2D eigenvalue weighted by molar-refractivity contribution is -0.176. The minimum Gasteiger partial charge on any atom is -0.483 e. The third kappa shape index (κ3) is 3.52. The van der Waals surface area contributed by atoms with Gasteiger partial charge in [-0.1, -0.05) is 32.0 Å². The Morgan fingerprint density at radius 3 is 2.61 bits per heavy atom. The van der Waals surface area contributed by atoms with E-state index in [1.165, 1.54) is 5.56 Å². The summed E-state index contributed by atoms with van der Waals surface area (Å²) < 4.78 is 11.5. The predicted octanol–water partition coefficient (Wildman–Crippen LogP) is 3.36. The van der Waals surface area contributed by atoms with Crippen molar-refractivity contribution in [3.8, 4) is 5.75 Å².